The number of thiophene rings is 1. The van der Waals surface area contributed by atoms with Gasteiger partial charge in [0.2, 0.25) is 0 Å². The predicted octanol–water partition coefficient (Wildman–Crippen LogP) is 4.01. The van der Waals surface area contributed by atoms with Crippen LogP contribution in [0.3, 0.4) is 0 Å². The molecule has 0 aliphatic rings. The molecule has 0 spiro atoms. The Bertz CT molecular complexity index is 564. The van der Waals surface area contributed by atoms with E-state index in [9.17, 15) is 4.79 Å². The number of methoxy groups -OCH3 is 1. The molecule has 0 fully saturated rings. The molecular weight excluding hydrogens is 244 g/mol. The summed E-state index contributed by atoms with van der Waals surface area (Å²) in [7, 11) is 1.39. The highest BCUT2D eigenvalue weighted by atomic mass is 32.1. The third kappa shape index (κ3) is 3.08. The molecule has 0 bridgehead atoms. The number of benzene rings is 1. The van der Waals surface area contributed by atoms with E-state index in [4.69, 9.17) is 0 Å². The van der Waals surface area contributed by atoms with Gasteiger partial charge in [0.15, 0.2) is 0 Å². The Kier molecular flexibility index (Phi) is 3.95. The van der Waals surface area contributed by atoms with Gasteiger partial charge in [-0.25, -0.2) is 4.79 Å². The van der Waals surface area contributed by atoms with Gasteiger partial charge in [-0.1, -0.05) is 35.9 Å². The number of rotatable bonds is 3. The molecule has 0 saturated heterocycles. The maximum atomic E-state index is 11.3. The molecule has 1 aromatic carbocycles. The summed E-state index contributed by atoms with van der Waals surface area (Å²) in [6.07, 6.45) is 4.04. The van der Waals surface area contributed by atoms with Gasteiger partial charge in [0.25, 0.3) is 0 Å². The van der Waals surface area contributed by atoms with E-state index in [1.165, 1.54) is 24.0 Å². The highest BCUT2D eigenvalue weighted by Gasteiger charge is 2.07. The minimum absolute atomic E-state index is 0.282. The normalized spacial score (nSPS) is 10.8. The van der Waals surface area contributed by atoms with Crippen LogP contribution in [0.5, 0.6) is 0 Å². The summed E-state index contributed by atoms with van der Waals surface area (Å²) in [5.41, 5.74) is 2.39. The molecule has 0 aliphatic carbocycles. The fourth-order valence-corrected chi connectivity index (χ4v) is 2.34. The highest BCUT2D eigenvalue weighted by molar-refractivity contribution is 7.14. The second kappa shape index (κ2) is 5.65. The third-order valence-electron chi connectivity index (χ3n) is 2.53. The fourth-order valence-electron chi connectivity index (χ4n) is 1.51. The van der Waals surface area contributed by atoms with Gasteiger partial charge >= 0.3 is 5.97 Å². The van der Waals surface area contributed by atoms with Crippen molar-refractivity contribution in [1.29, 1.82) is 0 Å². The smallest absolute Gasteiger partial charge is 0.348 e. The topological polar surface area (TPSA) is 26.3 Å². The van der Waals surface area contributed by atoms with Crippen molar-refractivity contribution in [3.8, 4) is 0 Å². The molecule has 3 heteroatoms. The minimum atomic E-state index is -0.282. The van der Waals surface area contributed by atoms with E-state index < -0.39 is 0 Å². The van der Waals surface area contributed by atoms with Crippen molar-refractivity contribution >= 4 is 29.5 Å². The van der Waals surface area contributed by atoms with Crippen LogP contribution in [0.25, 0.3) is 12.2 Å². The number of ether oxygens (including phenoxy) is 1. The first-order chi connectivity index (χ1) is 8.69. The van der Waals surface area contributed by atoms with E-state index >= 15 is 0 Å². The molecule has 1 aromatic heterocycles. The summed E-state index contributed by atoms with van der Waals surface area (Å²) >= 11 is 1.43. The Hall–Kier alpha value is -1.87. The number of hydrogen-bond donors (Lipinski definition) is 0. The highest BCUT2D eigenvalue weighted by Crippen LogP contribution is 2.20. The van der Waals surface area contributed by atoms with Crippen LogP contribution in [0.2, 0.25) is 0 Å². The molecule has 0 amide bonds. The first kappa shape index (κ1) is 12.6. The molecule has 0 aliphatic heterocycles. The van der Waals surface area contributed by atoms with Crippen molar-refractivity contribution in [1.82, 2.24) is 0 Å². The van der Waals surface area contributed by atoms with Crippen LogP contribution in [-0.4, -0.2) is 13.1 Å². The Labute approximate surface area is 111 Å². The number of carbonyl (C=O) groups excluding carboxylic acids is 1. The van der Waals surface area contributed by atoms with Crippen LogP contribution in [0.1, 0.15) is 25.7 Å². The quantitative estimate of drug-likeness (QED) is 0.777. The zero-order valence-corrected chi connectivity index (χ0v) is 11.2. The molecule has 0 radical (unpaired) electrons. The van der Waals surface area contributed by atoms with Crippen molar-refractivity contribution in [3.63, 3.8) is 0 Å². The minimum Gasteiger partial charge on any atom is -0.465 e. The Morgan fingerprint density at radius 2 is 1.83 bits per heavy atom. The second-order valence-electron chi connectivity index (χ2n) is 3.94. The van der Waals surface area contributed by atoms with Gasteiger partial charge < -0.3 is 4.74 Å². The Balaban J connectivity index is 2.11. The summed E-state index contributed by atoms with van der Waals surface area (Å²) in [5.74, 6) is -0.282. The number of aryl methyl sites for hydroxylation is 1. The van der Waals surface area contributed by atoms with E-state index in [0.29, 0.717) is 4.88 Å². The molecule has 2 aromatic rings. The molecule has 0 unspecified atom stereocenters. The second-order valence-corrected chi connectivity index (χ2v) is 5.05. The molecule has 2 rings (SSSR count). The predicted molar refractivity (Wildman–Crippen MR) is 75.8 cm³/mol. The van der Waals surface area contributed by atoms with Crippen molar-refractivity contribution in [3.05, 3.63) is 57.3 Å². The lowest BCUT2D eigenvalue weighted by Crippen LogP contribution is -1.96. The van der Waals surface area contributed by atoms with E-state index in [1.54, 1.807) is 6.07 Å². The zero-order chi connectivity index (χ0) is 13.0. The maximum Gasteiger partial charge on any atom is 0.348 e. The van der Waals surface area contributed by atoms with Crippen LogP contribution in [-0.2, 0) is 4.74 Å². The summed E-state index contributed by atoms with van der Waals surface area (Å²) in [6.45, 7) is 2.06. The molecular formula is C15H14O2S. The average Bonchev–Trinajstić information content (AvgIpc) is 2.86. The largest absolute Gasteiger partial charge is 0.465 e. The zero-order valence-electron chi connectivity index (χ0n) is 10.3. The fraction of sp³-hybridized carbons (Fsp3) is 0.133. The first-order valence-electron chi connectivity index (χ1n) is 5.62. The standard InChI is InChI=1S/C15H14O2S/c1-11-3-5-12(6-4-11)7-8-13-9-10-14(18-13)15(16)17-2/h3-10H,1-2H3. The lowest BCUT2D eigenvalue weighted by atomic mass is 10.1. The first-order valence-corrected chi connectivity index (χ1v) is 6.43. The molecule has 0 N–H and O–H groups in total. The van der Waals surface area contributed by atoms with Crippen LogP contribution in [0.4, 0.5) is 0 Å². The van der Waals surface area contributed by atoms with Crippen LogP contribution >= 0.6 is 11.3 Å². The van der Waals surface area contributed by atoms with Crippen LogP contribution < -0.4 is 0 Å². The summed E-state index contributed by atoms with van der Waals surface area (Å²) in [5, 5.41) is 0. The van der Waals surface area contributed by atoms with E-state index in [-0.39, 0.29) is 5.97 Å². The van der Waals surface area contributed by atoms with E-state index in [1.807, 2.05) is 18.2 Å². The summed E-state index contributed by atoms with van der Waals surface area (Å²) in [6, 6.07) is 12.0. The SMILES string of the molecule is COC(=O)c1ccc(C=Cc2ccc(C)cc2)s1. The van der Waals surface area contributed by atoms with Gasteiger partial charge in [-0.15, -0.1) is 11.3 Å². The molecule has 1 heterocycles. The monoisotopic (exact) mass is 258 g/mol. The van der Waals surface area contributed by atoms with Crippen molar-refractivity contribution in [2.24, 2.45) is 0 Å². The Morgan fingerprint density at radius 3 is 2.50 bits per heavy atom. The maximum absolute atomic E-state index is 11.3. The number of hydrogen-bond acceptors (Lipinski definition) is 3. The molecule has 92 valence electrons. The molecule has 2 nitrogen and oxygen atoms in total. The lowest BCUT2D eigenvalue weighted by Gasteiger charge is -1.94. The van der Waals surface area contributed by atoms with Crippen molar-refractivity contribution in [2.75, 3.05) is 7.11 Å². The Morgan fingerprint density at radius 1 is 1.11 bits per heavy atom. The third-order valence-corrected chi connectivity index (χ3v) is 3.56. The van der Waals surface area contributed by atoms with Crippen molar-refractivity contribution < 1.29 is 9.53 Å². The van der Waals surface area contributed by atoms with E-state index in [2.05, 4.69) is 35.9 Å². The molecule has 0 saturated carbocycles. The lowest BCUT2D eigenvalue weighted by molar-refractivity contribution is 0.0606. The summed E-state index contributed by atoms with van der Waals surface area (Å²) < 4.78 is 4.67. The van der Waals surface area contributed by atoms with Gasteiger partial charge in [0.1, 0.15) is 4.88 Å². The van der Waals surface area contributed by atoms with Gasteiger partial charge in [-0.2, -0.15) is 0 Å². The van der Waals surface area contributed by atoms with E-state index in [0.717, 1.165) is 10.4 Å². The van der Waals surface area contributed by atoms with Crippen LogP contribution in [0.15, 0.2) is 36.4 Å². The van der Waals surface area contributed by atoms with Gasteiger partial charge in [0.05, 0.1) is 7.11 Å². The van der Waals surface area contributed by atoms with Crippen molar-refractivity contribution in [2.45, 2.75) is 6.92 Å². The number of carbonyl (C=O) groups is 1. The number of esters is 1. The molecule has 18 heavy (non-hydrogen) atoms. The summed E-state index contributed by atoms with van der Waals surface area (Å²) in [4.78, 5) is 13.0. The average molecular weight is 258 g/mol. The van der Waals surface area contributed by atoms with Gasteiger partial charge in [0, 0.05) is 4.88 Å². The van der Waals surface area contributed by atoms with Gasteiger partial charge in [-0.05, 0) is 30.7 Å². The molecule has 0 atom stereocenters. The van der Waals surface area contributed by atoms with Gasteiger partial charge in [-0.3, -0.25) is 0 Å². The van der Waals surface area contributed by atoms with Crippen LogP contribution in [0, 0.1) is 6.92 Å².